The molecule has 0 saturated carbocycles. The zero-order chi connectivity index (χ0) is 16.7. The minimum absolute atomic E-state index is 0. The van der Waals surface area contributed by atoms with Gasteiger partial charge in [0.05, 0.1) is 0 Å². The molecule has 24 heavy (non-hydrogen) atoms. The number of rotatable bonds is 6. The Balaban J connectivity index is 0.00000288. The number of hydrogen-bond donors (Lipinski definition) is 3. The van der Waals surface area contributed by atoms with Gasteiger partial charge >= 0.3 is 0 Å². The van der Waals surface area contributed by atoms with Crippen LogP contribution in [0.4, 0.5) is 5.69 Å². The lowest BCUT2D eigenvalue weighted by Gasteiger charge is -2.27. The molecule has 0 aliphatic carbocycles. The van der Waals surface area contributed by atoms with Crippen LogP contribution in [0.3, 0.4) is 0 Å². The van der Waals surface area contributed by atoms with Crippen LogP contribution in [0.1, 0.15) is 45.1 Å². The highest BCUT2D eigenvalue weighted by Gasteiger charge is 2.24. The number of hydrogen-bond acceptors (Lipinski definition) is 3. The van der Waals surface area contributed by atoms with Gasteiger partial charge in [0.25, 0.3) is 0 Å². The standard InChI is InChI=1S/C18H27N3O2.ClH/c1-3-4-17(22)21-16-7-5-14(6-8-16)12-20-18(23)15-9-10-19-13(2)11-15;/h5-8,13,15,19H,3-4,9-12H2,1-2H3,(H,20,23)(H,21,22);1H/t13-,15-;/m0./s1. The fourth-order valence-electron chi connectivity index (χ4n) is 2.86. The molecule has 1 heterocycles. The van der Waals surface area contributed by atoms with E-state index in [4.69, 9.17) is 0 Å². The summed E-state index contributed by atoms with van der Waals surface area (Å²) in [5, 5.41) is 9.23. The van der Waals surface area contributed by atoms with Crippen molar-refractivity contribution in [2.24, 2.45) is 5.92 Å². The van der Waals surface area contributed by atoms with Crippen molar-refractivity contribution in [3.05, 3.63) is 29.8 Å². The minimum Gasteiger partial charge on any atom is -0.352 e. The van der Waals surface area contributed by atoms with Gasteiger partial charge in [-0.25, -0.2) is 0 Å². The third-order valence-corrected chi connectivity index (χ3v) is 4.18. The van der Waals surface area contributed by atoms with E-state index in [9.17, 15) is 9.59 Å². The van der Waals surface area contributed by atoms with Gasteiger partial charge in [-0.15, -0.1) is 12.4 Å². The summed E-state index contributed by atoms with van der Waals surface area (Å²) in [5.74, 6) is 0.283. The van der Waals surface area contributed by atoms with E-state index < -0.39 is 0 Å². The van der Waals surface area contributed by atoms with Crippen molar-refractivity contribution in [3.8, 4) is 0 Å². The quantitative estimate of drug-likeness (QED) is 0.736. The molecule has 1 saturated heterocycles. The lowest BCUT2D eigenvalue weighted by Crippen LogP contribution is -2.42. The van der Waals surface area contributed by atoms with E-state index in [1.807, 2.05) is 31.2 Å². The summed E-state index contributed by atoms with van der Waals surface area (Å²) >= 11 is 0. The van der Waals surface area contributed by atoms with Crippen LogP contribution in [0.25, 0.3) is 0 Å². The number of halogens is 1. The van der Waals surface area contributed by atoms with E-state index in [0.717, 1.165) is 37.1 Å². The van der Waals surface area contributed by atoms with Gasteiger partial charge < -0.3 is 16.0 Å². The topological polar surface area (TPSA) is 70.2 Å². The molecule has 0 radical (unpaired) electrons. The number of nitrogens with one attached hydrogen (secondary N) is 3. The molecule has 134 valence electrons. The predicted octanol–water partition coefficient (Wildman–Crippen LogP) is 2.85. The Kier molecular flexibility index (Phi) is 8.79. The molecule has 6 heteroatoms. The maximum atomic E-state index is 12.2. The number of amides is 2. The summed E-state index contributed by atoms with van der Waals surface area (Å²) in [6.45, 7) is 5.53. The average molecular weight is 354 g/mol. The van der Waals surface area contributed by atoms with Crippen LogP contribution in [-0.2, 0) is 16.1 Å². The molecule has 2 atom stereocenters. The normalized spacial score (nSPS) is 19.9. The first-order chi connectivity index (χ1) is 11.1. The first-order valence-electron chi connectivity index (χ1n) is 8.48. The Labute approximate surface area is 150 Å². The van der Waals surface area contributed by atoms with Gasteiger partial charge in [0.1, 0.15) is 0 Å². The molecular formula is C18H28ClN3O2. The second kappa shape index (κ2) is 10.3. The van der Waals surface area contributed by atoms with E-state index in [-0.39, 0.29) is 30.1 Å². The smallest absolute Gasteiger partial charge is 0.224 e. The second-order valence-corrected chi connectivity index (χ2v) is 6.29. The van der Waals surface area contributed by atoms with Crippen LogP contribution in [0.15, 0.2) is 24.3 Å². The van der Waals surface area contributed by atoms with E-state index in [1.165, 1.54) is 0 Å². The molecule has 0 bridgehead atoms. The number of carbonyl (C=O) groups excluding carboxylic acids is 2. The van der Waals surface area contributed by atoms with Crippen molar-refractivity contribution in [2.75, 3.05) is 11.9 Å². The highest BCUT2D eigenvalue weighted by molar-refractivity contribution is 5.90. The molecule has 1 aromatic rings. The third kappa shape index (κ3) is 6.49. The Hall–Kier alpha value is -1.59. The van der Waals surface area contributed by atoms with Crippen molar-refractivity contribution in [3.63, 3.8) is 0 Å². The molecular weight excluding hydrogens is 326 g/mol. The van der Waals surface area contributed by atoms with Crippen molar-refractivity contribution in [1.29, 1.82) is 0 Å². The van der Waals surface area contributed by atoms with Crippen LogP contribution < -0.4 is 16.0 Å². The Morgan fingerprint density at radius 1 is 1.25 bits per heavy atom. The summed E-state index contributed by atoms with van der Waals surface area (Å²) in [6.07, 6.45) is 3.17. The summed E-state index contributed by atoms with van der Waals surface area (Å²) in [7, 11) is 0. The molecule has 1 aliphatic heterocycles. The minimum atomic E-state index is 0. The predicted molar refractivity (Wildman–Crippen MR) is 99.3 cm³/mol. The summed E-state index contributed by atoms with van der Waals surface area (Å²) < 4.78 is 0. The van der Waals surface area contributed by atoms with Crippen LogP contribution in [0.5, 0.6) is 0 Å². The van der Waals surface area contributed by atoms with Gasteiger partial charge in [-0.2, -0.15) is 0 Å². The first kappa shape index (κ1) is 20.5. The molecule has 1 aliphatic rings. The number of anilines is 1. The molecule has 2 rings (SSSR count). The van der Waals surface area contributed by atoms with Gasteiger partial charge in [0, 0.05) is 30.6 Å². The Morgan fingerprint density at radius 3 is 2.58 bits per heavy atom. The monoisotopic (exact) mass is 353 g/mol. The van der Waals surface area contributed by atoms with Gasteiger partial charge in [-0.05, 0) is 50.4 Å². The Morgan fingerprint density at radius 2 is 1.96 bits per heavy atom. The number of carbonyl (C=O) groups is 2. The van der Waals surface area contributed by atoms with Crippen molar-refractivity contribution in [1.82, 2.24) is 10.6 Å². The fourth-order valence-corrected chi connectivity index (χ4v) is 2.86. The lowest BCUT2D eigenvalue weighted by molar-refractivity contribution is -0.126. The second-order valence-electron chi connectivity index (χ2n) is 6.29. The van der Waals surface area contributed by atoms with E-state index >= 15 is 0 Å². The fraction of sp³-hybridized carbons (Fsp3) is 0.556. The SMILES string of the molecule is CCCC(=O)Nc1ccc(CNC(=O)[C@H]2CCN[C@@H](C)C2)cc1.Cl. The molecule has 1 fully saturated rings. The van der Waals surface area contributed by atoms with Crippen LogP contribution in [0.2, 0.25) is 0 Å². The van der Waals surface area contributed by atoms with Crippen LogP contribution >= 0.6 is 12.4 Å². The first-order valence-corrected chi connectivity index (χ1v) is 8.48. The molecule has 3 N–H and O–H groups in total. The molecule has 0 unspecified atom stereocenters. The summed E-state index contributed by atoms with van der Waals surface area (Å²) in [6, 6.07) is 8.04. The highest BCUT2D eigenvalue weighted by atomic mass is 35.5. The average Bonchev–Trinajstić information content (AvgIpc) is 2.54. The largest absolute Gasteiger partial charge is 0.352 e. The molecule has 0 aromatic heterocycles. The maximum absolute atomic E-state index is 12.2. The van der Waals surface area contributed by atoms with Crippen molar-refractivity contribution < 1.29 is 9.59 Å². The van der Waals surface area contributed by atoms with E-state index in [2.05, 4.69) is 22.9 Å². The van der Waals surface area contributed by atoms with Crippen molar-refractivity contribution in [2.45, 2.75) is 52.1 Å². The lowest BCUT2D eigenvalue weighted by atomic mass is 9.92. The van der Waals surface area contributed by atoms with Gasteiger partial charge in [0.2, 0.25) is 11.8 Å². The van der Waals surface area contributed by atoms with Crippen molar-refractivity contribution >= 4 is 29.9 Å². The van der Waals surface area contributed by atoms with Gasteiger partial charge in [-0.3, -0.25) is 9.59 Å². The highest BCUT2D eigenvalue weighted by Crippen LogP contribution is 2.16. The zero-order valence-corrected chi connectivity index (χ0v) is 15.2. The Bertz CT molecular complexity index is 534. The summed E-state index contributed by atoms with van der Waals surface area (Å²) in [5.41, 5.74) is 1.83. The number of benzene rings is 1. The van der Waals surface area contributed by atoms with E-state index in [0.29, 0.717) is 19.0 Å². The third-order valence-electron chi connectivity index (χ3n) is 4.18. The molecule has 1 aromatic carbocycles. The zero-order valence-electron chi connectivity index (χ0n) is 14.4. The van der Waals surface area contributed by atoms with Crippen LogP contribution in [0, 0.1) is 5.92 Å². The molecule has 5 nitrogen and oxygen atoms in total. The molecule has 2 amide bonds. The van der Waals surface area contributed by atoms with Gasteiger partial charge in [-0.1, -0.05) is 19.1 Å². The number of piperidine rings is 1. The van der Waals surface area contributed by atoms with E-state index in [1.54, 1.807) is 0 Å². The van der Waals surface area contributed by atoms with Crippen LogP contribution in [-0.4, -0.2) is 24.4 Å². The van der Waals surface area contributed by atoms with Gasteiger partial charge in [0.15, 0.2) is 0 Å². The molecule has 0 spiro atoms. The maximum Gasteiger partial charge on any atom is 0.224 e. The summed E-state index contributed by atoms with van der Waals surface area (Å²) in [4.78, 5) is 23.7.